The van der Waals surface area contributed by atoms with Crippen LogP contribution in [-0.4, -0.2) is 66.0 Å². The minimum Gasteiger partial charge on any atom is -1.00 e. The smallest absolute Gasteiger partial charge is 1.00 e. The van der Waals surface area contributed by atoms with Crippen molar-refractivity contribution >= 4 is 11.6 Å². The van der Waals surface area contributed by atoms with E-state index in [0.717, 1.165) is 60.2 Å². The van der Waals surface area contributed by atoms with Crippen molar-refractivity contribution in [1.29, 1.82) is 0 Å². The summed E-state index contributed by atoms with van der Waals surface area (Å²) in [6.45, 7) is 8.38. The van der Waals surface area contributed by atoms with Crippen molar-refractivity contribution in [2.24, 2.45) is 0 Å². The molecule has 0 saturated carbocycles. The van der Waals surface area contributed by atoms with E-state index in [1.165, 1.54) is 0 Å². The van der Waals surface area contributed by atoms with E-state index in [0.29, 0.717) is 18.4 Å². The average Bonchev–Trinajstić information content (AvgIpc) is 3.31. The highest BCUT2D eigenvalue weighted by Crippen LogP contribution is 2.33. The summed E-state index contributed by atoms with van der Waals surface area (Å²) < 4.78 is 16.9. The van der Waals surface area contributed by atoms with E-state index in [9.17, 15) is 0 Å². The van der Waals surface area contributed by atoms with Gasteiger partial charge in [0.1, 0.15) is 11.6 Å². The van der Waals surface area contributed by atoms with Crippen LogP contribution in [0.5, 0.6) is 11.8 Å². The lowest BCUT2D eigenvalue weighted by molar-refractivity contribution is -0.0000100. The summed E-state index contributed by atoms with van der Waals surface area (Å²) in [5.74, 6) is 2.71. The molecule has 1 saturated heterocycles. The first kappa shape index (κ1) is 27.4. The number of methoxy groups -OCH3 is 2. The molecular weight excluding hydrogens is 480 g/mol. The van der Waals surface area contributed by atoms with E-state index in [1.54, 1.807) is 14.2 Å². The number of ether oxygens (including phenoxy) is 3. The Labute approximate surface area is 220 Å². The van der Waals surface area contributed by atoms with Crippen LogP contribution in [-0.2, 0) is 17.6 Å². The van der Waals surface area contributed by atoms with Crippen LogP contribution in [0, 0.1) is 0 Å². The van der Waals surface area contributed by atoms with E-state index in [4.69, 9.17) is 24.2 Å². The molecule has 1 aliphatic rings. The standard InChI is InChI=1S/C26H34N6O3.ClH/c1-6-18-24(17-12-13-23(33-4)31-26(17)34-5)28-19(7-2)25(29-18)30-20-15-32(16-21(20)35-8-3)22-11-9-10-14-27-22;/h9-14,20-21H,6-8,15-16H2,1-5H3,(H,29,30);1H/t20-,21+;/m1./s1. The van der Waals surface area contributed by atoms with Crippen LogP contribution in [0.3, 0.4) is 0 Å². The Morgan fingerprint density at radius 2 is 1.78 bits per heavy atom. The third-order valence-corrected chi connectivity index (χ3v) is 6.14. The molecule has 0 aromatic carbocycles. The van der Waals surface area contributed by atoms with Gasteiger partial charge in [-0.25, -0.2) is 15.0 Å². The number of anilines is 2. The topological polar surface area (TPSA) is 94.5 Å². The number of aromatic nitrogens is 4. The molecule has 0 spiro atoms. The van der Waals surface area contributed by atoms with Gasteiger partial charge in [0.2, 0.25) is 11.8 Å². The first-order valence-electron chi connectivity index (χ1n) is 12.1. The molecule has 0 unspecified atom stereocenters. The highest BCUT2D eigenvalue weighted by atomic mass is 35.5. The van der Waals surface area contributed by atoms with Crippen LogP contribution in [0.25, 0.3) is 11.3 Å². The van der Waals surface area contributed by atoms with Gasteiger partial charge in [0, 0.05) is 32.0 Å². The second-order valence-electron chi connectivity index (χ2n) is 8.27. The highest BCUT2D eigenvalue weighted by Gasteiger charge is 2.35. The minimum atomic E-state index is 0. The van der Waals surface area contributed by atoms with Crippen molar-refractivity contribution in [3.8, 4) is 23.0 Å². The predicted molar refractivity (Wildman–Crippen MR) is 138 cm³/mol. The fourth-order valence-electron chi connectivity index (χ4n) is 4.40. The molecule has 194 valence electrons. The molecule has 3 aromatic heterocycles. The summed E-state index contributed by atoms with van der Waals surface area (Å²) >= 11 is 0. The van der Waals surface area contributed by atoms with Gasteiger partial charge in [0.15, 0.2) is 0 Å². The Morgan fingerprint density at radius 1 is 0.972 bits per heavy atom. The molecule has 4 heterocycles. The SMILES string of the molecule is CCO[C@H]1CN(c2ccccn2)C[C@H]1Nc1nc(CC)c(-c2ccc(OC)nc2OC)nc1CC.[Cl-].[H+]. The Kier molecular flexibility index (Phi) is 9.66. The van der Waals surface area contributed by atoms with Crippen LogP contribution in [0.2, 0.25) is 0 Å². The van der Waals surface area contributed by atoms with Gasteiger partial charge in [0.25, 0.3) is 0 Å². The lowest BCUT2D eigenvalue weighted by Gasteiger charge is -2.22. The molecule has 0 aliphatic carbocycles. The fraction of sp³-hybridized carbons (Fsp3) is 0.462. The van der Waals surface area contributed by atoms with E-state index in [1.807, 2.05) is 43.5 Å². The zero-order valence-electron chi connectivity index (χ0n) is 22.5. The van der Waals surface area contributed by atoms with Crippen molar-refractivity contribution in [1.82, 2.24) is 19.9 Å². The zero-order valence-corrected chi connectivity index (χ0v) is 22.2. The number of halogens is 1. The maximum Gasteiger partial charge on any atom is 1.00 e. The summed E-state index contributed by atoms with van der Waals surface area (Å²) in [6.07, 6.45) is 3.29. The molecular formula is C26H35ClN6O3. The van der Waals surface area contributed by atoms with Gasteiger partial charge in [-0.3, -0.25) is 0 Å². The summed E-state index contributed by atoms with van der Waals surface area (Å²) in [7, 11) is 3.18. The molecule has 1 N–H and O–H groups in total. The number of nitrogens with zero attached hydrogens (tertiary/aromatic N) is 5. The van der Waals surface area contributed by atoms with E-state index in [2.05, 4.69) is 34.0 Å². The van der Waals surface area contributed by atoms with Gasteiger partial charge in [-0.05, 0) is 38.0 Å². The molecule has 3 aromatic rings. The fourth-order valence-corrected chi connectivity index (χ4v) is 4.40. The van der Waals surface area contributed by atoms with Crippen molar-refractivity contribution in [3.05, 3.63) is 47.9 Å². The first-order chi connectivity index (χ1) is 17.1. The van der Waals surface area contributed by atoms with Gasteiger partial charge in [0.05, 0.1) is 49.0 Å². The third kappa shape index (κ3) is 5.79. The second kappa shape index (κ2) is 12.7. The molecule has 0 amide bonds. The average molecular weight is 515 g/mol. The molecule has 4 rings (SSSR count). The van der Waals surface area contributed by atoms with Crippen LogP contribution in [0.4, 0.5) is 11.6 Å². The van der Waals surface area contributed by atoms with Crippen LogP contribution in [0.15, 0.2) is 36.5 Å². The van der Waals surface area contributed by atoms with Crippen LogP contribution >= 0.6 is 0 Å². The summed E-state index contributed by atoms with van der Waals surface area (Å²) in [6, 6.07) is 9.77. The minimum absolute atomic E-state index is 0. The maximum absolute atomic E-state index is 6.10. The Balaban J connectivity index is 0.00000241. The van der Waals surface area contributed by atoms with Gasteiger partial charge < -0.3 is 36.8 Å². The monoisotopic (exact) mass is 514 g/mol. The quantitative estimate of drug-likeness (QED) is 0.423. The molecule has 10 heteroatoms. The second-order valence-corrected chi connectivity index (χ2v) is 8.27. The molecule has 1 fully saturated rings. The molecule has 36 heavy (non-hydrogen) atoms. The molecule has 0 bridgehead atoms. The normalized spacial score (nSPS) is 17.0. The largest absolute Gasteiger partial charge is 1.00 e. The predicted octanol–water partition coefficient (Wildman–Crippen LogP) is 0.898. The van der Waals surface area contributed by atoms with Gasteiger partial charge >= 0.3 is 1.43 Å². The first-order valence-corrected chi connectivity index (χ1v) is 12.1. The number of nitrogens with one attached hydrogen (secondary N) is 1. The number of hydrogen-bond acceptors (Lipinski definition) is 9. The van der Waals surface area contributed by atoms with Gasteiger partial charge in [-0.2, -0.15) is 4.98 Å². The maximum atomic E-state index is 6.10. The van der Waals surface area contributed by atoms with Crippen molar-refractivity contribution in [2.75, 3.05) is 44.1 Å². The lowest BCUT2D eigenvalue weighted by Crippen LogP contribution is -3.00. The summed E-state index contributed by atoms with van der Waals surface area (Å²) in [4.78, 5) is 21.3. The summed E-state index contributed by atoms with van der Waals surface area (Å²) in [5, 5.41) is 3.66. The Bertz CT molecular complexity index is 1140. The van der Waals surface area contributed by atoms with Crippen molar-refractivity contribution in [3.63, 3.8) is 0 Å². The molecule has 1 aliphatic heterocycles. The zero-order chi connectivity index (χ0) is 24.8. The number of hydrogen-bond donors (Lipinski definition) is 1. The van der Waals surface area contributed by atoms with Crippen LogP contribution in [0.1, 0.15) is 33.6 Å². The van der Waals surface area contributed by atoms with Crippen molar-refractivity contribution in [2.45, 2.75) is 45.8 Å². The highest BCUT2D eigenvalue weighted by molar-refractivity contribution is 5.69. The van der Waals surface area contributed by atoms with Gasteiger partial charge in [-0.1, -0.05) is 19.9 Å². The van der Waals surface area contributed by atoms with Crippen LogP contribution < -0.4 is 32.1 Å². The third-order valence-electron chi connectivity index (χ3n) is 6.14. The molecule has 9 nitrogen and oxygen atoms in total. The molecule has 0 radical (unpaired) electrons. The van der Waals surface area contributed by atoms with Crippen molar-refractivity contribution < 1.29 is 28.0 Å². The number of pyridine rings is 2. The Morgan fingerprint density at radius 3 is 2.42 bits per heavy atom. The number of rotatable bonds is 10. The molecule has 2 atom stereocenters. The van der Waals surface area contributed by atoms with E-state index < -0.39 is 0 Å². The Hall–Kier alpha value is -3.17. The van der Waals surface area contributed by atoms with E-state index >= 15 is 0 Å². The summed E-state index contributed by atoms with van der Waals surface area (Å²) in [5.41, 5.74) is 3.35. The lowest BCUT2D eigenvalue weighted by atomic mass is 10.1. The van der Waals surface area contributed by atoms with Gasteiger partial charge in [-0.15, -0.1) is 0 Å². The van der Waals surface area contributed by atoms with E-state index in [-0.39, 0.29) is 26.0 Å². The number of aryl methyl sites for hydroxylation is 2.